The number of carbonyl (C=O) groups is 3. The molecule has 1 aliphatic heterocycles. The largest absolute Gasteiger partial charge is 0.489 e. The average molecular weight is 428 g/mol. The highest BCUT2D eigenvalue weighted by Crippen LogP contribution is 2.16. The molecule has 1 fully saturated rings. The minimum Gasteiger partial charge on any atom is -0.489 e. The number of piperazine rings is 1. The molecule has 3 aromatic carbocycles. The van der Waals surface area contributed by atoms with E-state index in [1.807, 2.05) is 42.5 Å². The lowest BCUT2D eigenvalue weighted by atomic mass is 10.1. The third-order valence-corrected chi connectivity index (χ3v) is 5.50. The van der Waals surface area contributed by atoms with E-state index < -0.39 is 0 Å². The first-order chi connectivity index (χ1) is 15.6. The fraction of sp³-hybridized carbons (Fsp3) is 0.192. The van der Waals surface area contributed by atoms with Crippen LogP contribution < -0.4 is 4.74 Å². The number of aldehydes is 1. The third-order valence-electron chi connectivity index (χ3n) is 5.50. The molecule has 162 valence electrons. The molecule has 0 spiro atoms. The molecule has 0 unspecified atom stereocenters. The van der Waals surface area contributed by atoms with Crippen LogP contribution in [0.3, 0.4) is 0 Å². The Morgan fingerprint density at radius 2 is 1.25 bits per heavy atom. The quantitative estimate of drug-likeness (QED) is 0.562. The molecule has 0 bridgehead atoms. The molecule has 6 nitrogen and oxygen atoms in total. The van der Waals surface area contributed by atoms with Gasteiger partial charge in [-0.3, -0.25) is 14.4 Å². The molecule has 0 N–H and O–H groups in total. The van der Waals surface area contributed by atoms with Gasteiger partial charge in [0.1, 0.15) is 18.6 Å². The highest BCUT2D eigenvalue weighted by molar-refractivity contribution is 5.96. The maximum absolute atomic E-state index is 12.9. The van der Waals surface area contributed by atoms with Crippen molar-refractivity contribution in [3.63, 3.8) is 0 Å². The zero-order chi connectivity index (χ0) is 22.3. The zero-order valence-electron chi connectivity index (χ0n) is 17.6. The van der Waals surface area contributed by atoms with Crippen LogP contribution in [0.15, 0.2) is 78.9 Å². The predicted molar refractivity (Wildman–Crippen MR) is 121 cm³/mol. The fourth-order valence-corrected chi connectivity index (χ4v) is 3.61. The van der Waals surface area contributed by atoms with E-state index in [0.29, 0.717) is 55.2 Å². The van der Waals surface area contributed by atoms with E-state index in [1.54, 1.807) is 46.2 Å². The molecular formula is C26H24N2O4. The number of benzene rings is 3. The molecule has 0 aliphatic carbocycles. The van der Waals surface area contributed by atoms with Crippen molar-refractivity contribution in [2.75, 3.05) is 26.2 Å². The van der Waals surface area contributed by atoms with Crippen molar-refractivity contribution in [1.82, 2.24) is 9.80 Å². The van der Waals surface area contributed by atoms with Crippen molar-refractivity contribution in [3.8, 4) is 5.75 Å². The second-order valence-corrected chi connectivity index (χ2v) is 7.62. The SMILES string of the molecule is O=Cc1ccc(OCc2ccc(C(=O)N3CCN(C(=O)c4ccccc4)CC3)cc2)cc1. The number of amides is 2. The molecule has 0 radical (unpaired) electrons. The standard InChI is InChI=1S/C26H24N2O4/c29-18-20-8-12-24(13-9-20)32-19-21-6-10-23(11-7-21)26(31)28-16-14-27(15-17-28)25(30)22-4-2-1-3-5-22/h1-13,18H,14-17,19H2. The Kier molecular flexibility index (Phi) is 6.60. The van der Waals surface area contributed by atoms with Crippen molar-refractivity contribution < 1.29 is 19.1 Å². The summed E-state index contributed by atoms with van der Waals surface area (Å²) in [5.74, 6) is 0.648. The van der Waals surface area contributed by atoms with Gasteiger partial charge in [0, 0.05) is 42.9 Å². The first kappa shape index (κ1) is 21.3. The minimum absolute atomic E-state index is 0.00264. The van der Waals surface area contributed by atoms with Gasteiger partial charge in [0.05, 0.1) is 0 Å². The number of hydrogen-bond donors (Lipinski definition) is 0. The molecule has 1 heterocycles. The van der Waals surface area contributed by atoms with Crippen LogP contribution >= 0.6 is 0 Å². The lowest BCUT2D eigenvalue weighted by Gasteiger charge is -2.35. The summed E-state index contributed by atoms with van der Waals surface area (Å²) in [4.78, 5) is 39.7. The number of rotatable bonds is 6. The van der Waals surface area contributed by atoms with Crippen LogP contribution in [0.5, 0.6) is 5.75 Å². The summed E-state index contributed by atoms with van der Waals surface area (Å²) in [5, 5.41) is 0. The van der Waals surface area contributed by atoms with Crippen LogP contribution in [0, 0.1) is 0 Å². The van der Waals surface area contributed by atoms with Crippen molar-refractivity contribution in [2.24, 2.45) is 0 Å². The summed E-state index contributed by atoms with van der Waals surface area (Å²) in [6.07, 6.45) is 0.792. The molecular weight excluding hydrogens is 404 g/mol. The first-order valence-corrected chi connectivity index (χ1v) is 10.5. The maximum atomic E-state index is 12.9. The van der Waals surface area contributed by atoms with E-state index in [0.717, 1.165) is 11.8 Å². The summed E-state index contributed by atoms with van der Waals surface area (Å²) < 4.78 is 5.73. The Balaban J connectivity index is 1.29. The van der Waals surface area contributed by atoms with Crippen LogP contribution in [-0.4, -0.2) is 54.1 Å². The highest BCUT2D eigenvalue weighted by Gasteiger charge is 2.25. The predicted octanol–water partition coefficient (Wildman–Crippen LogP) is 3.68. The lowest BCUT2D eigenvalue weighted by molar-refractivity contribution is 0.0535. The van der Waals surface area contributed by atoms with Crippen LogP contribution in [0.4, 0.5) is 0 Å². The fourth-order valence-electron chi connectivity index (χ4n) is 3.61. The zero-order valence-corrected chi connectivity index (χ0v) is 17.6. The Hall–Kier alpha value is -3.93. The maximum Gasteiger partial charge on any atom is 0.253 e. The Bertz CT molecular complexity index is 1070. The first-order valence-electron chi connectivity index (χ1n) is 10.5. The van der Waals surface area contributed by atoms with Gasteiger partial charge in [0.2, 0.25) is 0 Å². The van der Waals surface area contributed by atoms with E-state index in [-0.39, 0.29) is 11.8 Å². The van der Waals surface area contributed by atoms with Gasteiger partial charge >= 0.3 is 0 Å². The van der Waals surface area contributed by atoms with E-state index in [4.69, 9.17) is 4.74 Å². The molecule has 4 rings (SSSR count). The van der Waals surface area contributed by atoms with E-state index in [1.165, 1.54) is 0 Å². The molecule has 6 heteroatoms. The minimum atomic E-state index is -0.0336. The van der Waals surface area contributed by atoms with Crippen molar-refractivity contribution in [3.05, 3.63) is 101 Å². The second-order valence-electron chi connectivity index (χ2n) is 7.62. The van der Waals surface area contributed by atoms with Gasteiger partial charge in [0.15, 0.2) is 0 Å². The molecule has 1 aliphatic rings. The van der Waals surface area contributed by atoms with E-state index in [9.17, 15) is 14.4 Å². The Morgan fingerprint density at radius 3 is 1.78 bits per heavy atom. The van der Waals surface area contributed by atoms with Gasteiger partial charge in [-0.1, -0.05) is 30.3 Å². The van der Waals surface area contributed by atoms with Crippen LogP contribution in [-0.2, 0) is 6.61 Å². The highest BCUT2D eigenvalue weighted by atomic mass is 16.5. The van der Waals surface area contributed by atoms with Gasteiger partial charge in [0.25, 0.3) is 11.8 Å². The molecule has 1 saturated heterocycles. The van der Waals surface area contributed by atoms with Crippen LogP contribution in [0.1, 0.15) is 36.6 Å². The molecule has 3 aromatic rings. The number of carbonyl (C=O) groups excluding carboxylic acids is 3. The van der Waals surface area contributed by atoms with Crippen molar-refractivity contribution >= 4 is 18.1 Å². The van der Waals surface area contributed by atoms with Crippen LogP contribution in [0.25, 0.3) is 0 Å². The molecule has 0 atom stereocenters. The molecule has 0 aromatic heterocycles. The monoisotopic (exact) mass is 428 g/mol. The summed E-state index contributed by atoms with van der Waals surface area (Å²) in [6, 6.07) is 23.5. The number of ether oxygens (including phenoxy) is 1. The molecule has 2 amide bonds. The van der Waals surface area contributed by atoms with Crippen LogP contribution in [0.2, 0.25) is 0 Å². The Morgan fingerprint density at radius 1 is 0.719 bits per heavy atom. The van der Waals surface area contributed by atoms with E-state index in [2.05, 4.69) is 0 Å². The van der Waals surface area contributed by atoms with Crippen molar-refractivity contribution in [2.45, 2.75) is 6.61 Å². The smallest absolute Gasteiger partial charge is 0.253 e. The normalized spacial score (nSPS) is 13.5. The number of hydrogen-bond acceptors (Lipinski definition) is 4. The van der Waals surface area contributed by atoms with Gasteiger partial charge in [-0.05, 0) is 54.1 Å². The third kappa shape index (κ3) is 5.03. The van der Waals surface area contributed by atoms with Gasteiger partial charge in [-0.15, -0.1) is 0 Å². The van der Waals surface area contributed by atoms with Gasteiger partial charge < -0.3 is 14.5 Å². The number of nitrogens with zero attached hydrogens (tertiary/aromatic N) is 2. The summed E-state index contributed by atoms with van der Waals surface area (Å²) in [7, 11) is 0. The van der Waals surface area contributed by atoms with Crippen molar-refractivity contribution in [1.29, 1.82) is 0 Å². The van der Waals surface area contributed by atoms with E-state index >= 15 is 0 Å². The average Bonchev–Trinajstić information content (AvgIpc) is 2.88. The Labute approximate surface area is 187 Å². The summed E-state index contributed by atoms with van der Waals surface area (Å²) in [5.41, 5.74) is 2.83. The lowest BCUT2D eigenvalue weighted by Crippen LogP contribution is -2.50. The summed E-state index contributed by atoms with van der Waals surface area (Å²) >= 11 is 0. The topological polar surface area (TPSA) is 66.9 Å². The second kappa shape index (κ2) is 9.92. The summed E-state index contributed by atoms with van der Waals surface area (Å²) in [6.45, 7) is 2.44. The van der Waals surface area contributed by atoms with Gasteiger partial charge in [-0.25, -0.2) is 0 Å². The molecule has 32 heavy (non-hydrogen) atoms. The molecule has 0 saturated carbocycles. The van der Waals surface area contributed by atoms with Gasteiger partial charge in [-0.2, -0.15) is 0 Å².